The van der Waals surface area contributed by atoms with E-state index in [1.807, 2.05) is 18.2 Å². The van der Waals surface area contributed by atoms with E-state index in [4.69, 9.17) is 0 Å². The second-order valence-electron chi connectivity index (χ2n) is 2.71. The molecule has 0 aliphatic heterocycles. The molecular formula is C10H9ClN2O. The van der Waals surface area contributed by atoms with Crippen LogP contribution in [0.5, 0.6) is 0 Å². The van der Waals surface area contributed by atoms with Gasteiger partial charge in [-0.15, -0.1) is 12.4 Å². The molecule has 2 rings (SSSR count). The molecule has 72 valence electrons. The normalized spacial score (nSPS) is 9.14. The average Bonchev–Trinajstić information content (AvgIpc) is 2.71. The van der Waals surface area contributed by atoms with E-state index in [9.17, 15) is 4.79 Å². The third kappa shape index (κ3) is 2.00. The van der Waals surface area contributed by atoms with Gasteiger partial charge in [0.15, 0.2) is 0 Å². The van der Waals surface area contributed by atoms with E-state index in [2.05, 4.69) is 10.2 Å². The van der Waals surface area contributed by atoms with E-state index in [0.29, 0.717) is 5.56 Å². The van der Waals surface area contributed by atoms with E-state index in [1.54, 1.807) is 18.3 Å². The SMILES string of the molecule is Cl.O=Cc1ccc(-c2ccn[nH]2)cc1. The van der Waals surface area contributed by atoms with Gasteiger partial charge in [-0.05, 0) is 11.6 Å². The smallest absolute Gasteiger partial charge is 0.150 e. The first-order valence-electron chi connectivity index (χ1n) is 3.95. The van der Waals surface area contributed by atoms with Gasteiger partial charge in [0.05, 0.1) is 5.69 Å². The van der Waals surface area contributed by atoms with Crippen LogP contribution in [0.3, 0.4) is 0 Å². The minimum Gasteiger partial charge on any atom is -0.298 e. The Morgan fingerprint density at radius 2 is 1.86 bits per heavy atom. The van der Waals surface area contributed by atoms with Crippen molar-refractivity contribution < 1.29 is 4.79 Å². The molecule has 0 saturated carbocycles. The molecule has 0 aliphatic rings. The third-order valence-corrected chi connectivity index (χ3v) is 1.86. The van der Waals surface area contributed by atoms with Crippen LogP contribution >= 0.6 is 12.4 Å². The predicted octanol–water partition coefficient (Wildman–Crippen LogP) is 2.31. The Morgan fingerprint density at radius 1 is 1.14 bits per heavy atom. The van der Waals surface area contributed by atoms with E-state index in [0.717, 1.165) is 17.5 Å². The molecule has 2 aromatic rings. The Morgan fingerprint density at radius 3 is 2.36 bits per heavy atom. The lowest BCUT2D eigenvalue weighted by Gasteiger charge is -1.96. The number of benzene rings is 1. The maximum atomic E-state index is 10.4. The fourth-order valence-corrected chi connectivity index (χ4v) is 1.16. The molecule has 14 heavy (non-hydrogen) atoms. The second kappa shape index (κ2) is 4.58. The fourth-order valence-electron chi connectivity index (χ4n) is 1.16. The highest BCUT2D eigenvalue weighted by molar-refractivity contribution is 5.85. The summed E-state index contributed by atoms with van der Waals surface area (Å²) in [6, 6.07) is 9.22. The van der Waals surface area contributed by atoms with Crippen LogP contribution < -0.4 is 0 Å². The molecule has 0 amide bonds. The number of carbonyl (C=O) groups is 1. The molecule has 0 spiro atoms. The van der Waals surface area contributed by atoms with Crippen molar-refractivity contribution >= 4 is 18.7 Å². The van der Waals surface area contributed by atoms with Crippen LogP contribution in [0.15, 0.2) is 36.5 Å². The van der Waals surface area contributed by atoms with Gasteiger partial charge in [-0.25, -0.2) is 0 Å². The van der Waals surface area contributed by atoms with Crippen LogP contribution in [0, 0.1) is 0 Å². The lowest BCUT2D eigenvalue weighted by Crippen LogP contribution is -1.81. The van der Waals surface area contributed by atoms with Crippen molar-refractivity contribution in [1.82, 2.24) is 10.2 Å². The van der Waals surface area contributed by atoms with Crippen molar-refractivity contribution in [2.45, 2.75) is 0 Å². The van der Waals surface area contributed by atoms with Crippen molar-refractivity contribution in [3.63, 3.8) is 0 Å². The van der Waals surface area contributed by atoms with Crippen LogP contribution in [0.25, 0.3) is 11.3 Å². The lowest BCUT2D eigenvalue weighted by atomic mass is 10.1. The van der Waals surface area contributed by atoms with Crippen molar-refractivity contribution in [3.8, 4) is 11.3 Å². The van der Waals surface area contributed by atoms with E-state index in [1.165, 1.54) is 0 Å². The van der Waals surface area contributed by atoms with Crippen molar-refractivity contribution in [1.29, 1.82) is 0 Å². The quantitative estimate of drug-likeness (QED) is 0.770. The maximum absolute atomic E-state index is 10.4. The number of halogens is 1. The summed E-state index contributed by atoms with van der Waals surface area (Å²) < 4.78 is 0. The number of hydrogen-bond donors (Lipinski definition) is 1. The van der Waals surface area contributed by atoms with Crippen LogP contribution in [0.2, 0.25) is 0 Å². The monoisotopic (exact) mass is 208 g/mol. The molecule has 0 fully saturated rings. The van der Waals surface area contributed by atoms with Gasteiger partial charge < -0.3 is 0 Å². The molecule has 3 nitrogen and oxygen atoms in total. The Hall–Kier alpha value is -1.61. The maximum Gasteiger partial charge on any atom is 0.150 e. The minimum atomic E-state index is 0. The highest BCUT2D eigenvalue weighted by Gasteiger charge is 1.97. The average molecular weight is 209 g/mol. The molecule has 1 heterocycles. The summed E-state index contributed by atoms with van der Waals surface area (Å²) in [5.41, 5.74) is 2.67. The zero-order valence-corrected chi connectivity index (χ0v) is 8.12. The Balaban J connectivity index is 0.000000980. The summed E-state index contributed by atoms with van der Waals surface area (Å²) in [4.78, 5) is 10.4. The van der Waals surface area contributed by atoms with Gasteiger partial charge in [0.25, 0.3) is 0 Å². The summed E-state index contributed by atoms with van der Waals surface area (Å²) in [6.45, 7) is 0. The van der Waals surface area contributed by atoms with Gasteiger partial charge in [0.1, 0.15) is 6.29 Å². The van der Waals surface area contributed by atoms with Crippen molar-refractivity contribution in [2.24, 2.45) is 0 Å². The zero-order chi connectivity index (χ0) is 9.10. The van der Waals surface area contributed by atoms with E-state index < -0.39 is 0 Å². The van der Waals surface area contributed by atoms with Crippen LogP contribution in [0.4, 0.5) is 0 Å². The molecule has 0 atom stereocenters. The first kappa shape index (κ1) is 10.5. The van der Waals surface area contributed by atoms with Gasteiger partial charge in [-0.3, -0.25) is 9.89 Å². The zero-order valence-electron chi connectivity index (χ0n) is 7.31. The number of nitrogens with zero attached hydrogens (tertiary/aromatic N) is 1. The van der Waals surface area contributed by atoms with Crippen molar-refractivity contribution in [3.05, 3.63) is 42.1 Å². The van der Waals surface area contributed by atoms with Gasteiger partial charge in [0, 0.05) is 11.8 Å². The molecule has 1 aromatic heterocycles. The number of rotatable bonds is 2. The number of aromatic nitrogens is 2. The van der Waals surface area contributed by atoms with Crippen LogP contribution in [-0.4, -0.2) is 16.5 Å². The Labute approximate surface area is 87.6 Å². The number of nitrogens with one attached hydrogen (secondary N) is 1. The first-order valence-corrected chi connectivity index (χ1v) is 3.95. The van der Waals surface area contributed by atoms with Crippen molar-refractivity contribution in [2.75, 3.05) is 0 Å². The summed E-state index contributed by atoms with van der Waals surface area (Å²) in [7, 11) is 0. The molecule has 1 N–H and O–H groups in total. The minimum absolute atomic E-state index is 0. The summed E-state index contributed by atoms with van der Waals surface area (Å²) in [5, 5.41) is 6.70. The Bertz CT molecular complexity index is 395. The van der Waals surface area contributed by atoms with Gasteiger partial charge in [-0.1, -0.05) is 24.3 Å². The molecular weight excluding hydrogens is 200 g/mol. The lowest BCUT2D eigenvalue weighted by molar-refractivity contribution is 0.112. The second-order valence-corrected chi connectivity index (χ2v) is 2.71. The highest BCUT2D eigenvalue weighted by atomic mass is 35.5. The largest absolute Gasteiger partial charge is 0.298 e. The number of carbonyl (C=O) groups excluding carboxylic acids is 1. The number of aldehydes is 1. The summed E-state index contributed by atoms with van der Waals surface area (Å²) in [5.74, 6) is 0. The summed E-state index contributed by atoms with van der Waals surface area (Å²) >= 11 is 0. The molecule has 0 unspecified atom stereocenters. The third-order valence-electron chi connectivity index (χ3n) is 1.86. The molecule has 0 aliphatic carbocycles. The van der Waals surface area contributed by atoms with Gasteiger partial charge >= 0.3 is 0 Å². The molecule has 0 saturated heterocycles. The number of hydrogen-bond acceptors (Lipinski definition) is 2. The topological polar surface area (TPSA) is 45.8 Å². The molecule has 4 heteroatoms. The van der Waals surface area contributed by atoms with Crippen LogP contribution in [-0.2, 0) is 0 Å². The summed E-state index contributed by atoms with van der Waals surface area (Å²) in [6.07, 6.45) is 2.53. The molecule has 0 bridgehead atoms. The van der Waals surface area contributed by atoms with Gasteiger partial charge in [-0.2, -0.15) is 5.10 Å². The van der Waals surface area contributed by atoms with E-state index >= 15 is 0 Å². The number of H-pyrrole nitrogens is 1. The fraction of sp³-hybridized carbons (Fsp3) is 0. The Kier molecular flexibility index (Phi) is 3.42. The molecule has 1 aromatic carbocycles. The molecule has 0 radical (unpaired) electrons. The van der Waals surface area contributed by atoms with Gasteiger partial charge in [0.2, 0.25) is 0 Å². The number of aromatic amines is 1. The van der Waals surface area contributed by atoms with E-state index in [-0.39, 0.29) is 12.4 Å². The first-order chi connectivity index (χ1) is 6.40. The van der Waals surface area contributed by atoms with Crippen LogP contribution in [0.1, 0.15) is 10.4 Å². The predicted molar refractivity (Wildman–Crippen MR) is 56.7 cm³/mol. The standard InChI is InChI=1S/C10H8N2O.ClH/c13-7-8-1-3-9(4-2-8)10-5-6-11-12-10;/h1-7H,(H,11,12);1H. The highest BCUT2D eigenvalue weighted by Crippen LogP contribution is 2.15.